The predicted molar refractivity (Wildman–Crippen MR) is 83.1 cm³/mol. The van der Waals surface area contributed by atoms with Crippen LogP contribution < -0.4 is 4.72 Å². The van der Waals surface area contributed by atoms with Crippen LogP contribution in [0.5, 0.6) is 0 Å². The smallest absolute Gasteiger partial charge is 0.330 e. The van der Waals surface area contributed by atoms with E-state index in [0.717, 1.165) is 0 Å². The summed E-state index contributed by atoms with van der Waals surface area (Å²) in [6, 6.07) is 6.59. The molecule has 2 heterocycles. The lowest BCUT2D eigenvalue weighted by atomic mass is 10.2. The van der Waals surface area contributed by atoms with Gasteiger partial charge in [-0.3, -0.25) is 4.68 Å². The summed E-state index contributed by atoms with van der Waals surface area (Å²) < 4.78 is 34.2. The van der Waals surface area contributed by atoms with E-state index < -0.39 is 10.0 Å². The average molecular weight is 333 g/mol. The Hall–Kier alpha value is -2.68. The third-order valence-corrected chi connectivity index (χ3v) is 4.66. The quantitative estimate of drug-likeness (QED) is 0.764. The van der Waals surface area contributed by atoms with E-state index in [9.17, 15) is 8.42 Å². The molecule has 0 saturated carbocycles. The van der Waals surface area contributed by atoms with E-state index in [2.05, 4.69) is 20.0 Å². The molecule has 0 atom stereocenters. The van der Waals surface area contributed by atoms with Crippen LogP contribution in [0, 0.1) is 0 Å². The van der Waals surface area contributed by atoms with Gasteiger partial charge in [-0.05, 0) is 18.1 Å². The minimum Gasteiger partial charge on any atom is -0.403 e. The molecule has 3 rings (SSSR count). The fourth-order valence-electron chi connectivity index (χ4n) is 2.14. The summed E-state index contributed by atoms with van der Waals surface area (Å²) in [7, 11) is -2.03. The SMILES string of the molecule is CCc1ccccc1S(=O)(=O)Nc1nnc(-c2cnn(C)c2)o1. The van der Waals surface area contributed by atoms with Gasteiger partial charge in [-0.25, -0.2) is 13.1 Å². The van der Waals surface area contributed by atoms with E-state index in [1.165, 1.54) is 0 Å². The molecule has 0 saturated heterocycles. The number of nitrogens with one attached hydrogen (secondary N) is 1. The van der Waals surface area contributed by atoms with Crippen molar-refractivity contribution < 1.29 is 12.8 Å². The van der Waals surface area contributed by atoms with Crippen molar-refractivity contribution in [3.63, 3.8) is 0 Å². The van der Waals surface area contributed by atoms with Gasteiger partial charge in [0.2, 0.25) is 0 Å². The van der Waals surface area contributed by atoms with Gasteiger partial charge in [0.1, 0.15) is 0 Å². The lowest BCUT2D eigenvalue weighted by molar-refractivity contribution is 0.577. The Labute approximate surface area is 133 Å². The number of rotatable bonds is 5. The van der Waals surface area contributed by atoms with Gasteiger partial charge in [0.25, 0.3) is 15.9 Å². The Morgan fingerprint density at radius 3 is 2.74 bits per heavy atom. The van der Waals surface area contributed by atoms with Gasteiger partial charge in [0.15, 0.2) is 0 Å². The number of aromatic nitrogens is 4. The first-order chi connectivity index (χ1) is 11.0. The molecule has 23 heavy (non-hydrogen) atoms. The molecule has 0 aliphatic heterocycles. The Bertz CT molecular complexity index is 929. The van der Waals surface area contributed by atoms with Crippen LogP contribution in [-0.4, -0.2) is 28.4 Å². The zero-order valence-electron chi connectivity index (χ0n) is 12.6. The predicted octanol–water partition coefficient (Wildman–Crippen LogP) is 1.83. The number of aryl methyl sites for hydroxylation is 2. The van der Waals surface area contributed by atoms with Crippen molar-refractivity contribution in [3.8, 4) is 11.5 Å². The summed E-state index contributed by atoms with van der Waals surface area (Å²) in [4.78, 5) is 0.198. The summed E-state index contributed by atoms with van der Waals surface area (Å²) in [5.74, 6) is 0.194. The zero-order valence-corrected chi connectivity index (χ0v) is 13.4. The Kier molecular flexibility index (Phi) is 3.87. The van der Waals surface area contributed by atoms with E-state index in [4.69, 9.17) is 4.42 Å². The van der Waals surface area contributed by atoms with Gasteiger partial charge in [-0.2, -0.15) is 5.10 Å². The highest BCUT2D eigenvalue weighted by Gasteiger charge is 2.21. The van der Waals surface area contributed by atoms with E-state index in [-0.39, 0.29) is 16.8 Å². The van der Waals surface area contributed by atoms with Crippen molar-refractivity contribution in [2.24, 2.45) is 7.05 Å². The molecular formula is C14H15N5O3S. The van der Waals surface area contributed by atoms with Crippen molar-refractivity contribution in [1.29, 1.82) is 0 Å². The topological polar surface area (TPSA) is 103 Å². The van der Waals surface area contributed by atoms with Crippen molar-refractivity contribution in [2.45, 2.75) is 18.2 Å². The molecule has 9 heteroatoms. The first-order valence-electron chi connectivity index (χ1n) is 6.93. The first kappa shape index (κ1) is 15.2. The van der Waals surface area contributed by atoms with Crippen LogP contribution in [0.4, 0.5) is 6.01 Å². The molecule has 0 aliphatic rings. The van der Waals surface area contributed by atoms with Gasteiger partial charge in [-0.1, -0.05) is 30.2 Å². The molecule has 8 nitrogen and oxygen atoms in total. The minimum absolute atomic E-state index is 0.185. The van der Waals surface area contributed by atoms with E-state index in [0.29, 0.717) is 17.5 Å². The van der Waals surface area contributed by atoms with E-state index in [1.807, 2.05) is 6.92 Å². The van der Waals surface area contributed by atoms with Crippen molar-refractivity contribution in [2.75, 3.05) is 4.72 Å². The standard InChI is InChI=1S/C14H15N5O3S/c1-3-10-6-4-5-7-12(10)23(20,21)18-14-17-16-13(22-14)11-8-15-19(2)9-11/h4-9H,3H2,1-2H3,(H,17,18). The van der Waals surface area contributed by atoms with Gasteiger partial charge in [0, 0.05) is 13.2 Å². The van der Waals surface area contributed by atoms with Crippen LogP contribution in [0.15, 0.2) is 46.0 Å². The van der Waals surface area contributed by atoms with Crippen LogP contribution in [0.25, 0.3) is 11.5 Å². The molecule has 1 aromatic carbocycles. The highest BCUT2D eigenvalue weighted by molar-refractivity contribution is 7.92. The molecule has 1 N–H and O–H groups in total. The number of hydrogen-bond donors (Lipinski definition) is 1. The Morgan fingerprint density at radius 2 is 2.04 bits per heavy atom. The summed E-state index contributed by atoms with van der Waals surface area (Å²) in [5, 5.41) is 11.5. The van der Waals surface area contributed by atoms with Crippen LogP contribution in [0.1, 0.15) is 12.5 Å². The second kappa shape index (κ2) is 5.84. The van der Waals surface area contributed by atoms with Gasteiger partial charge in [0.05, 0.1) is 16.7 Å². The van der Waals surface area contributed by atoms with Crippen molar-refractivity contribution in [1.82, 2.24) is 20.0 Å². The Balaban J connectivity index is 1.88. The maximum atomic E-state index is 12.5. The maximum absolute atomic E-state index is 12.5. The molecule has 0 spiro atoms. The van der Waals surface area contributed by atoms with Gasteiger partial charge < -0.3 is 4.42 Å². The Morgan fingerprint density at radius 1 is 1.26 bits per heavy atom. The van der Waals surface area contributed by atoms with Gasteiger partial charge in [-0.15, -0.1) is 5.10 Å². The van der Waals surface area contributed by atoms with E-state index in [1.54, 1.807) is 48.4 Å². The average Bonchev–Trinajstić information content (AvgIpc) is 3.15. The molecule has 0 unspecified atom stereocenters. The van der Waals surface area contributed by atoms with Crippen LogP contribution in [0.3, 0.4) is 0 Å². The number of anilines is 1. The summed E-state index contributed by atoms with van der Waals surface area (Å²) in [5.41, 5.74) is 1.33. The minimum atomic E-state index is -3.79. The normalized spacial score (nSPS) is 11.6. The third-order valence-electron chi connectivity index (χ3n) is 3.24. The second-order valence-corrected chi connectivity index (χ2v) is 6.53. The first-order valence-corrected chi connectivity index (χ1v) is 8.41. The maximum Gasteiger partial charge on any atom is 0.330 e. The monoisotopic (exact) mass is 333 g/mol. The van der Waals surface area contributed by atoms with Crippen molar-refractivity contribution >= 4 is 16.0 Å². The largest absolute Gasteiger partial charge is 0.403 e. The van der Waals surface area contributed by atoms with Crippen LogP contribution in [0.2, 0.25) is 0 Å². The van der Waals surface area contributed by atoms with Crippen LogP contribution >= 0.6 is 0 Å². The highest BCUT2D eigenvalue weighted by atomic mass is 32.2. The molecule has 120 valence electrons. The number of hydrogen-bond acceptors (Lipinski definition) is 6. The summed E-state index contributed by atoms with van der Waals surface area (Å²) in [6.07, 6.45) is 3.85. The highest BCUT2D eigenvalue weighted by Crippen LogP contribution is 2.22. The van der Waals surface area contributed by atoms with Gasteiger partial charge >= 0.3 is 6.01 Å². The summed E-state index contributed by atoms with van der Waals surface area (Å²) >= 11 is 0. The molecule has 0 radical (unpaired) electrons. The molecule has 0 fully saturated rings. The third kappa shape index (κ3) is 3.09. The molecule has 0 aliphatic carbocycles. The van der Waals surface area contributed by atoms with E-state index >= 15 is 0 Å². The molecular weight excluding hydrogens is 318 g/mol. The number of sulfonamides is 1. The fourth-order valence-corrected chi connectivity index (χ4v) is 3.38. The molecule has 0 amide bonds. The molecule has 2 aromatic heterocycles. The molecule has 3 aromatic rings. The summed E-state index contributed by atoms with van der Waals surface area (Å²) in [6.45, 7) is 1.89. The lowest BCUT2D eigenvalue weighted by Crippen LogP contribution is -2.15. The number of nitrogens with zero attached hydrogens (tertiary/aromatic N) is 4. The number of benzene rings is 1. The molecule has 0 bridgehead atoms. The zero-order chi connectivity index (χ0) is 16.4. The second-order valence-electron chi connectivity index (χ2n) is 4.88. The van der Waals surface area contributed by atoms with Crippen molar-refractivity contribution in [3.05, 3.63) is 42.2 Å². The van der Waals surface area contributed by atoms with Crippen LogP contribution in [-0.2, 0) is 23.5 Å². The fraction of sp³-hybridized carbons (Fsp3) is 0.214. The lowest BCUT2D eigenvalue weighted by Gasteiger charge is -2.08.